The van der Waals surface area contributed by atoms with E-state index in [4.69, 9.17) is 5.11 Å². The fraction of sp³-hybridized carbons (Fsp3) is 0.364. The molecule has 0 atom stereocenters. The molecule has 0 unspecified atom stereocenters. The van der Waals surface area contributed by atoms with Crippen molar-refractivity contribution in [3.05, 3.63) is 29.3 Å². The molecule has 6 heteroatoms. The lowest BCUT2D eigenvalue weighted by atomic mass is 10.1. The van der Waals surface area contributed by atoms with Crippen LogP contribution in [0, 0.1) is 6.92 Å². The largest absolute Gasteiger partial charge is 0.478 e. The minimum absolute atomic E-state index is 0.00155. The third kappa shape index (κ3) is 3.47. The first kappa shape index (κ1) is 14.1. The minimum atomic E-state index is -3.39. The average Bonchev–Trinajstić information content (AvgIpc) is 2.26. The number of benzene rings is 1. The van der Waals surface area contributed by atoms with Gasteiger partial charge in [-0.25, -0.2) is 13.2 Å². The van der Waals surface area contributed by atoms with Crippen LogP contribution in [-0.2, 0) is 9.84 Å². The first-order valence-electron chi connectivity index (χ1n) is 4.94. The lowest BCUT2D eigenvalue weighted by Gasteiger charge is -2.08. The van der Waals surface area contributed by atoms with Gasteiger partial charge in [-0.1, -0.05) is 6.07 Å². The highest BCUT2D eigenvalue weighted by Crippen LogP contribution is 2.19. The molecule has 1 aromatic carbocycles. The number of sulfone groups is 1. The zero-order valence-electron chi connectivity index (χ0n) is 9.63. The van der Waals surface area contributed by atoms with Gasteiger partial charge >= 0.3 is 5.97 Å². The normalized spacial score (nSPS) is 11.4. The number of carboxylic acid groups (broad SMARTS) is 1. The van der Waals surface area contributed by atoms with Crippen molar-refractivity contribution in [3.8, 4) is 0 Å². The van der Waals surface area contributed by atoms with Crippen LogP contribution < -0.4 is 0 Å². The number of hydrogen-bond donors (Lipinski definition) is 1. The molecule has 0 aliphatic rings. The van der Waals surface area contributed by atoms with Crippen molar-refractivity contribution >= 4 is 27.6 Å². The lowest BCUT2D eigenvalue weighted by Crippen LogP contribution is -2.11. The van der Waals surface area contributed by atoms with E-state index in [1.54, 1.807) is 6.92 Å². The van der Waals surface area contributed by atoms with Crippen LogP contribution in [0.5, 0.6) is 0 Å². The maximum absolute atomic E-state index is 12.0. The van der Waals surface area contributed by atoms with Gasteiger partial charge in [0.05, 0.1) is 16.2 Å². The summed E-state index contributed by atoms with van der Waals surface area (Å²) in [6.07, 6.45) is 1.83. The second-order valence-electron chi connectivity index (χ2n) is 3.60. The Balaban J connectivity index is 3.20. The first-order chi connectivity index (χ1) is 7.88. The average molecular weight is 274 g/mol. The van der Waals surface area contributed by atoms with Gasteiger partial charge in [0.25, 0.3) is 0 Å². The molecule has 0 fully saturated rings. The lowest BCUT2D eigenvalue weighted by molar-refractivity contribution is 0.0696. The van der Waals surface area contributed by atoms with Crippen molar-refractivity contribution in [2.75, 3.05) is 17.8 Å². The van der Waals surface area contributed by atoms with E-state index in [0.29, 0.717) is 11.3 Å². The van der Waals surface area contributed by atoms with Crippen molar-refractivity contribution in [2.45, 2.75) is 11.8 Å². The van der Waals surface area contributed by atoms with Crippen LogP contribution in [0.4, 0.5) is 0 Å². The summed E-state index contributed by atoms with van der Waals surface area (Å²) in [5.74, 6) is -0.594. The summed E-state index contributed by atoms with van der Waals surface area (Å²) in [7, 11) is -3.39. The molecule has 0 amide bonds. The molecule has 0 radical (unpaired) electrons. The second-order valence-corrected chi connectivity index (χ2v) is 6.66. The second kappa shape index (κ2) is 5.55. The van der Waals surface area contributed by atoms with Crippen molar-refractivity contribution in [2.24, 2.45) is 0 Å². The van der Waals surface area contributed by atoms with E-state index in [2.05, 4.69) is 0 Å². The summed E-state index contributed by atoms with van der Waals surface area (Å²) in [4.78, 5) is 10.9. The van der Waals surface area contributed by atoms with Crippen molar-refractivity contribution in [1.82, 2.24) is 0 Å². The van der Waals surface area contributed by atoms with E-state index in [0.717, 1.165) is 0 Å². The Labute approximate surface area is 105 Å². The van der Waals surface area contributed by atoms with Crippen LogP contribution in [0.3, 0.4) is 0 Å². The van der Waals surface area contributed by atoms with Crippen molar-refractivity contribution < 1.29 is 18.3 Å². The Hall–Kier alpha value is -1.01. The predicted molar refractivity (Wildman–Crippen MR) is 68.6 cm³/mol. The zero-order chi connectivity index (χ0) is 13.1. The molecule has 1 N–H and O–H groups in total. The van der Waals surface area contributed by atoms with Gasteiger partial charge in [0.15, 0.2) is 9.84 Å². The van der Waals surface area contributed by atoms with Crippen LogP contribution in [0.1, 0.15) is 15.9 Å². The molecule has 0 saturated carbocycles. The van der Waals surface area contributed by atoms with E-state index >= 15 is 0 Å². The van der Waals surface area contributed by atoms with E-state index in [9.17, 15) is 13.2 Å². The van der Waals surface area contributed by atoms with E-state index in [1.807, 2.05) is 6.26 Å². The number of thioether (sulfide) groups is 1. The van der Waals surface area contributed by atoms with Crippen LogP contribution in [0.2, 0.25) is 0 Å². The van der Waals surface area contributed by atoms with Crippen LogP contribution in [-0.4, -0.2) is 37.3 Å². The summed E-state index contributed by atoms with van der Waals surface area (Å²) in [6, 6.07) is 4.16. The summed E-state index contributed by atoms with van der Waals surface area (Å²) >= 11 is 1.44. The van der Waals surface area contributed by atoms with E-state index in [1.165, 1.54) is 30.0 Å². The van der Waals surface area contributed by atoms with E-state index < -0.39 is 15.8 Å². The van der Waals surface area contributed by atoms with Gasteiger partial charge in [0, 0.05) is 5.75 Å². The Morgan fingerprint density at radius 3 is 2.59 bits per heavy atom. The summed E-state index contributed by atoms with van der Waals surface area (Å²) in [6.45, 7) is 1.66. The minimum Gasteiger partial charge on any atom is -0.478 e. The highest BCUT2D eigenvalue weighted by Gasteiger charge is 2.18. The molecule has 1 aromatic rings. The molecule has 1 rings (SSSR count). The Bertz CT molecular complexity index is 520. The summed E-state index contributed by atoms with van der Waals surface area (Å²) in [5, 5.41) is 8.84. The maximum Gasteiger partial charge on any atom is 0.335 e. The monoisotopic (exact) mass is 274 g/mol. The predicted octanol–water partition coefficient (Wildman–Crippen LogP) is 1.83. The first-order valence-corrected chi connectivity index (χ1v) is 7.98. The highest BCUT2D eigenvalue weighted by atomic mass is 32.2. The van der Waals surface area contributed by atoms with Gasteiger partial charge in [-0.05, 0) is 30.9 Å². The fourth-order valence-corrected chi connectivity index (χ4v) is 4.00. The number of carbonyl (C=O) groups is 1. The smallest absolute Gasteiger partial charge is 0.335 e. The molecule has 94 valence electrons. The molecule has 0 aromatic heterocycles. The molecule has 0 saturated heterocycles. The topological polar surface area (TPSA) is 71.4 Å². The van der Waals surface area contributed by atoms with Gasteiger partial charge in [0.1, 0.15) is 0 Å². The summed E-state index contributed by atoms with van der Waals surface area (Å²) < 4.78 is 24.0. The molecule has 0 aliphatic carbocycles. The van der Waals surface area contributed by atoms with Gasteiger partial charge in [-0.3, -0.25) is 0 Å². The van der Waals surface area contributed by atoms with E-state index in [-0.39, 0.29) is 16.2 Å². The highest BCUT2D eigenvalue weighted by molar-refractivity contribution is 8.00. The number of aryl methyl sites for hydroxylation is 1. The molecule has 0 aliphatic heterocycles. The molecule has 0 heterocycles. The number of carboxylic acids is 1. The Morgan fingerprint density at radius 1 is 1.41 bits per heavy atom. The Kier molecular flexibility index (Phi) is 4.59. The number of hydrogen-bond acceptors (Lipinski definition) is 4. The zero-order valence-corrected chi connectivity index (χ0v) is 11.3. The van der Waals surface area contributed by atoms with Crippen LogP contribution in [0.15, 0.2) is 23.1 Å². The number of rotatable bonds is 5. The van der Waals surface area contributed by atoms with Gasteiger partial charge in [-0.2, -0.15) is 11.8 Å². The SMILES string of the molecule is CSCCS(=O)(=O)c1cc(C(=O)O)ccc1C. The van der Waals surface area contributed by atoms with Crippen LogP contribution in [0.25, 0.3) is 0 Å². The Morgan fingerprint density at radius 2 is 2.06 bits per heavy atom. The standard InChI is InChI=1S/C11H14O4S2/c1-8-3-4-9(11(12)13)7-10(8)17(14,15)6-5-16-2/h3-4,7H,5-6H2,1-2H3,(H,12,13). The third-order valence-corrected chi connectivity index (χ3v) is 5.05. The molecule has 0 spiro atoms. The fourth-order valence-electron chi connectivity index (χ4n) is 1.37. The molecule has 0 bridgehead atoms. The quantitative estimate of drug-likeness (QED) is 0.887. The summed E-state index contributed by atoms with van der Waals surface area (Å²) in [5.41, 5.74) is 0.578. The van der Waals surface area contributed by atoms with Crippen molar-refractivity contribution in [1.29, 1.82) is 0 Å². The van der Waals surface area contributed by atoms with Crippen molar-refractivity contribution in [3.63, 3.8) is 0 Å². The molecular formula is C11H14O4S2. The molecular weight excluding hydrogens is 260 g/mol. The number of aromatic carboxylic acids is 1. The van der Waals surface area contributed by atoms with Crippen LogP contribution >= 0.6 is 11.8 Å². The molecule has 4 nitrogen and oxygen atoms in total. The van der Waals surface area contributed by atoms with Gasteiger partial charge in [-0.15, -0.1) is 0 Å². The van der Waals surface area contributed by atoms with Gasteiger partial charge < -0.3 is 5.11 Å². The molecule has 17 heavy (non-hydrogen) atoms. The third-order valence-electron chi connectivity index (χ3n) is 2.33. The maximum atomic E-state index is 12.0. The van der Waals surface area contributed by atoms with Gasteiger partial charge in [0.2, 0.25) is 0 Å².